The first kappa shape index (κ1) is 12.7. The third-order valence-electron chi connectivity index (χ3n) is 3.39. The van der Waals surface area contributed by atoms with Crippen LogP contribution in [-0.2, 0) is 4.79 Å². The number of carboxylic acid groups (broad SMARTS) is 1. The summed E-state index contributed by atoms with van der Waals surface area (Å²) in [7, 11) is 0. The van der Waals surface area contributed by atoms with Crippen LogP contribution in [0.1, 0.15) is 42.7 Å². The Balaban J connectivity index is 2.04. The van der Waals surface area contributed by atoms with E-state index in [-0.39, 0.29) is 17.7 Å². The average Bonchev–Trinajstić information content (AvgIpc) is 2.77. The van der Waals surface area contributed by atoms with E-state index in [9.17, 15) is 14.7 Å². The lowest BCUT2D eigenvalue weighted by Gasteiger charge is -2.22. The van der Waals surface area contributed by atoms with Crippen molar-refractivity contribution in [2.75, 3.05) is 0 Å². The van der Waals surface area contributed by atoms with Crippen LogP contribution in [-0.4, -0.2) is 23.0 Å². The Morgan fingerprint density at radius 2 is 2.06 bits per heavy atom. The van der Waals surface area contributed by atoms with Crippen molar-refractivity contribution in [2.24, 2.45) is 5.92 Å². The highest BCUT2D eigenvalue weighted by molar-refractivity contribution is 5.91. The van der Waals surface area contributed by atoms with E-state index in [1.807, 2.05) is 0 Å². The number of carbonyl (C=O) groups excluding carboxylic acids is 1. The molecule has 2 unspecified atom stereocenters. The predicted molar refractivity (Wildman–Crippen MR) is 64.2 cm³/mol. The standard InChI is InChI=1S/C13H17NO4/c15-12(11-7-4-8-18-11)14-10-6-3-1-2-5-9(10)13(16)17/h4,7-10H,1-3,5-6H2,(H,14,15)(H,16,17). The number of aliphatic carboxylic acids is 1. The second kappa shape index (κ2) is 5.71. The molecule has 1 amide bonds. The van der Waals surface area contributed by atoms with Crippen LogP contribution in [0.15, 0.2) is 22.8 Å². The molecule has 98 valence electrons. The summed E-state index contributed by atoms with van der Waals surface area (Å²) in [4.78, 5) is 23.1. The number of hydrogen-bond acceptors (Lipinski definition) is 3. The fraction of sp³-hybridized carbons (Fsp3) is 0.538. The fourth-order valence-corrected chi connectivity index (χ4v) is 2.42. The van der Waals surface area contributed by atoms with Gasteiger partial charge in [0.2, 0.25) is 0 Å². The van der Waals surface area contributed by atoms with Crippen LogP contribution in [0.4, 0.5) is 0 Å². The van der Waals surface area contributed by atoms with E-state index in [0.717, 1.165) is 19.3 Å². The van der Waals surface area contributed by atoms with Crippen molar-refractivity contribution < 1.29 is 19.1 Å². The molecule has 1 aliphatic carbocycles. The fourth-order valence-electron chi connectivity index (χ4n) is 2.42. The SMILES string of the molecule is O=C(NC1CCCCCC1C(=O)O)c1ccco1. The first-order valence-corrected chi connectivity index (χ1v) is 6.25. The van der Waals surface area contributed by atoms with Gasteiger partial charge in [-0.15, -0.1) is 0 Å². The van der Waals surface area contributed by atoms with Gasteiger partial charge in [0.15, 0.2) is 5.76 Å². The van der Waals surface area contributed by atoms with Gasteiger partial charge in [0, 0.05) is 6.04 Å². The third-order valence-corrected chi connectivity index (χ3v) is 3.39. The van der Waals surface area contributed by atoms with Gasteiger partial charge in [-0.05, 0) is 25.0 Å². The Labute approximate surface area is 105 Å². The molecule has 0 aliphatic heterocycles. The zero-order valence-corrected chi connectivity index (χ0v) is 10.1. The average molecular weight is 251 g/mol. The van der Waals surface area contributed by atoms with E-state index in [2.05, 4.69) is 5.32 Å². The van der Waals surface area contributed by atoms with Gasteiger partial charge in [0.1, 0.15) is 0 Å². The molecule has 0 radical (unpaired) electrons. The molecule has 18 heavy (non-hydrogen) atoms. The lowest BCUT2D eigenvalue weighted by molar-refractivity contribution is -0.142. The molecule has 2 rings (SSSR count). The maximum absolute atomic E-state index is 11.9. The Kier molecular flexibility index (Phi) is 4.02. The van der Waals surface area contributed by atoms with Crippen molar-refractivity contribution >= 4 is 11.9 Å². The van der Waals surface area contributed by atoms with Gasteiger partial charge in [-0.25, -0.2) is 0 Å². The highest BCUT2D eigenvalue weighted by Gasteiger charge is 2.31. The minimum Gasteiger partial charge on any atom is -0.481 e. The molecule has 0 aromatic carbocycles. The van der Waals surface area contributed by atoms with Crippen molar-refractivity contribution in [2.45, 2.75) is 38.1 Å². The molecule has 0 bridgehead atoms. The monoisotopic (exact) mass is 251 g/mol. The summed E-state index contributed by atoms with van der Waals surface area (Å²) in [6.45, 7) is 0. The predicted octanol–water partition coefficient (Wildman–Crippen LogP) is 2.04. The number of rotatable bonds is 3. The Morgan fingerprint density at radius 1 is 1.28 bits per heavy atom. The number of carbonyl (C=O) groups is 2. The van der Waals surface area contributed by atoms with E-state index >= 15 is 0 Å². The molecule has 1 aromatic heterocycles. The Morgan fingerprint density at radius 3 is 2.72 bits per heavy atom. The van der Waals surface area contributed by atoms with Crippen molar-refractivity contribution in [1.82, 2.24) is 5.32 Å². The number of nitrogens with one attached hydrogen (secondary N) is 1. The molecule has 5 heteroatoms. The molecule has 0 spiro atoms. The molecule has 0 saturated heterocycles. The van der Waals surface area contributed by atoms with Gasteiger partial charge in [0.05, 0.1) is 12.2 Å². The molecule has 1 aliphatic rings. The first-order valence-electron chi connectivity index (χ1n) is 6.25. The summed E-state index contributed by atoms with van der Waals surface area (Å²) in [5, 5.41) is 12.0. The van der Waals surface area contributed by atoms with Crippen molar-refractivity contribution in [3.8, 4) is 0 Å². The van der Waals surface area contributed by atoms with E-state index in [1.54, 1.807) is 12.1 Å². The molecule has 2 N–H and O–H groups in total. The summed E-state index contributed by atoms with van der Waals surface area (Å²) >= 11 is 0. The molecule has 1 saturated carbocycles. The normalized spacial score (nSPS) is 24.2. The summed E-state index contributed by atoms with van der Waals surface area (Å²) < 4.78 is 5.00. The molecule has 1 aromatic rings. The Bertz CT molecular complexity index is 413. The second-order valence-corrected chi connectivity index (χ2v) is 4.64. The number of hydrogen-bond donors (Lipinski definition) is 2. The van der Waals surface area contributed by atoms with Gasteiger partial charge in [0.25, 0.3) is 5.91 Å². The second-order valence-electron chi connectivity index (χ2n) is 4.64. The molecular weight excluding hydrogens is 234 g/mol. The minimum absolute atomic E-state index is 0.225. The molecule has 2 atom stereocenters. The lowest BCUT2D eigenvalue weighted by atomic mass is 9.95. The third kappa shape index (κ3) is 2.91. The summed E-state index contributed by atoms with van der Waals surface area (Å²) in [5.74, 6) is -1.44. The van der Waals surface area contributed by atoms with Crippen molar-refractivity contribution in [3.63, 3.8) is 0 Å². The van der Waals surface area contributed by atoms with Gasteiger partial charge < -0.3 is 14.8 Å². The minimum atomic E-state index is -0.832. The summed E-state index contributed by atoms with van der Waals surface area (Å²) in [5.41, 5.74) is 0. The Hall–Kier alpha value is -1.78. The topological polar surface area (TPSA) is 79.5 Å². The van der Waals surface area contributed by atoms with Crippen LogP contribution in [0.5, 0.6) is 0 Å². The highest BCUT2D eigenvalue weighted by Crippen LogP contribution is 2.24. The number of furan rings is 1. The van der Waals surface area contributed by atoms with Crippen LogP contribution in [0.3, 0.4) is 0 Å². The van der Waals surface area contributed by atoms with Crippen LogP contribution in [0.25, 0.3) is 0 Å². The van der Waals surface area contributed by atoms with Crippen LogP contribution >= 0.6 is 0 Å². The number of amides is 1. The lowest BCUT2D eigenvalue weighted by Crippen LogP contribution is -2.42. The van der Waals surface area contributed by atoms with Gasteiger partial charge in [-0.1, -0.05) is 19.3 Å². The van der Waals surface area contributed by atoms with Crippen LogP contribution in [0.2, 0.25) is 0 Å². The van der Waals surface area contributed by atoms with Crippen LogP contribution < -0.4 is 5.32 Å². The maximum Gasteiger partial charge on any atom is 0.308 e. The molecule has 5 nitrogen and oxygen atoms in total. The van der Waals surface area contributed by atoms with E-state index in [4.69, 9.17) is 4.42 Å². The molecular formula is C13H17NO4. The smallest absolute Gasteiger partial charge is 0.308 e. The summed E-state index contributed by atoms with van der Waals surface area (Å²) in [6.07, 6.45) is 5.65. The van der Waals surface area contributed by atoms with E-state index in [0.29, 0.717) is 12.8 Å². The zero-order chi connectivity index (χ0) is 13.0. The van der Waals surface area contributed by atoms with Crippen molar-refractivity contribution in [3.05, 3.63) is 24.2 Å². The largest absolute Gasteiger partial charge is 0.481 e. The van der Waals surface area contributed by atoms with E-state index in [1.165, 1.54) is 6.26 Å². The summed E-state index contributed by atoms with van der Waals surface area (Å²) in [6, 6.07) is 2.90. The van der Waals surface area contributed by atoms with E-state index < -0.39 is 11.9 Å². The van der Waals surface area contributed by atoms with Crippen LogP contribution in [0, 0.1) is 5.92 Å². The van der Waals surface area contributed by atoms with Crippen molar-refractivity contribution in [1.29, 1.82) is 0 Å². The first-order chi connectivity index (χ1) is 8.68. The quantitative estimate of drug-likeness (QED) is 0.806. The molecule has 1 heterocycles. The van der Waals surface area contributed by atoms with Gasteiger partial charge >= 0.3 is 5.97 Å². The zero-order valence-electron chi connectivity index (χ0n) is 10.1. The number of carboxylic acids is 1. The highest BCUT2D eigenvalue weighted by atomic mass is 16.4. The molecule has 1 fully saturated rings. The maximum atomic E-state index is 11.9. The van der Waals surface area contributed by atoms with Gasteiger partial charge in [-0.3, -0.25) is 9.59 Å². The van der Waals surface area contributed by atoms with Gasteiger partial charge in [-0.2, -0.15) is 0 Å².